The quantitative estimate of drug-likeness (QED) is 0.604. The SMILES string of the molecule is Cn1ncc2c(C(=O)NCc3ccccc3)cc(-c3cccc(F)c3)nc21. The maximum atomic E-state index is 13.6. The van der Waals surface area contributed by atoms with Crippen LogP contribution in [-0.4, -0.2) is 20.7 Å². The van der Waals surface area contributed by atoms with Crippen molar-refractivity contribution in [3.05, 3.63) is 83.8 Å². The van der Waals surface area contributed by atoms with Crippen LogP contribution < -0.4 is 5.32 Å². The summed E-state index contributed by atoms with van der Waals surface area (Å²) in [7, 11) is 1.76. The van der Waals surface area contributed by atoms with Crippen LogP contribution in [0.25, 0.3) is 22.3 Å². The Bertz CT molecular complexity index is 1120. The minimum Gasteiger partial charge on any atom is -0.348 e. The second-order valence-electron chi connectivity index (χ2n) is 6.24. The molecule has 0 aliphatic carbocycles. The first-order valence-corrected chi connectivity index (χ1v) is 8.52. The lowest BCUT2D eigenvalue weighted by atomic mass is 10.1. The molecule has 2 heterocycles. The summed E-state index contributed by atoms with van der Waals surface area (Å²) in [5.41, 5.74) is 3.17. The number of pyridine rings is 1. The van der Waals surface area contributed by atoms with Crippen molar-refractivity contribution >= 4 is 16.9 Å². The van der Waals surface area contributed by atoms with E-state index in [-0.39, 0.29) is 11.7 Å². The fraction of sp³-hybridized carbons (Fsp3) is 0.0952. The van der Waals surface area contributed by atoms with Crippen molar-refractivity contribution in [2.24, 2.45) is 7.05 Å². The van der Waals surface area contributed by atoms with E-state index in [1.54, 1.807) is 36.1 Å². The van der Waals surface area contributed by atoms with E-state index in [1.165, 1.54) is 12.1 Å². The smallest absolute Gasteiger partial charge is 0.252 e. The molecule has 0 saturated carbocycles. The largest absolute Gasteiger partial charge is 0.348 e. The van der Waals surface area contributed by atoms with E-state index in [2.05, 4.69) is 15.4 Å². The molecule has 0 saturated heterocycles. The molecule has 0 spiro atoms. The van der Waals surface area contributed by atoms with Gasteiger partial charge in [-0.3, -0.25) is 9.48 Å². The number of aryl methyl sites for hydroxylation is 1. The van der Waals surface area contributed by atoms with Crippen molar-refractivity contribution in [1.82, 2.24) is 20.1 Å². The van der Waals surface area contributed by atoms with Crippen molar-refractivity contribution in [3.8, 4) is 11.3 Å². The monoisotopic (exact) mass is 360 g/mol. The van der Waals surface area contributed by atoms with Crippen LogP contribution in [0.5, 0.6) is 0 Å². The zero-order chi connectivity index (χ0) is 18.8. The third-order valence-electron chi connectivity index (χ3n) is 4.37. The zero-order valence-corrected chi connectivity index (χ0v) is 14.7. The maximum Gasteiger partial charge on any atom is 0.252 e. The number of carbonyl (C=O) groups excluding carboxylic acids is 1. The molecule has 2 aromatic heterocycles. The Morgan fingerprint density at radius 2 is 1.93 bits per heavy atom. The lowest BCUT2D eigenvalue weighted by Crippen LogP contribution is -2.23. The van der Waals surface area contributed by atoms with E-state index < -0.39 is 0 Å². The topological polar surface area (TPSA) is 59.8 Å². The molecule has 0 unspecified atom stereocenters. The summed E-state index contributed by atoms with van der Waals surface area (Å²) >= 11 is 0. The van der Waals surface area contributed by atoms with Gasteiger partial charge in [-0.2, -0.15) is 5.10 Å². The van der Waals surface area contributed by atoms with Gasteiger partial charge in [-0.05, 0) is 23.8 Å². The Hall–Kier alpha value is -3.54. The second-order valence-corrected chi connectivity index (χ2v) is 6.24. The highest BCUT2D eigenvalue weighted by Crippen LogP contribution is 2.25. The Morgan fingerprint density at radius 1 is 1.11 bits per heavy atom. The molecule has 1 amide bonds. The van der Waals surface area contributed by atoms with Gasteiger partial charge in [0, 0.05) is 19.2 Å². The number of benzene rings is 2. The Balaban J connectivity index is 1.73. The van der Waals surface area contributed by atoms with Gasteiger partial charge >= 0.3 is 0 Å². The van der Waals surface area contributed by atoms with Gasteiger partial charge in [0.15, 0.2) is 5.65 Å². The van der Waals surface area contributed by atoms with Crippen LogP contribution in [-0.2, 0) is 13.6 Å². The molecule has 1 N–H and O–H groups in total. The summed E-state index contributed by atoms with van der Waals surface area (Å²) < 4.78 is 15.2. The summed E-state index contributed by atoms with van der Waals surface area (Å²) in [6.45, 7) is 0.416. The van der Waals surface area contributed by atoms with Crippen LogP contribution in [0, 0.1) is 5.82 Å². The number of rotatable bonds is 4. The van der Waals surface area contributed by atoms with Crippen LogP contribution in [0.1, 0.15) is 15.9 Å². The average molecular weight is 360 g/mol. The molecular formula is C21H17FN4O. The molecule has 0 fully saturated rings. The average Bonchev–Trinajstić information content (AvgIpc) is 3.07. The highest BCUT2D eigenvalue weighted by Gasteiger charge is 2.16. The highest BCUT2D eigenvalue weighted by atomic mass is 19.1. The lowest BCUT2D eigenvalue weighted by molar-refractivity contribution is 0.0952. The van der Waals surface area contributed by atoms with Gasteiger partial charge in [-0.25, -0.2) is 9.37 Å². The first-order valence-electron chi connectivity index (χ1n) is 8.52. The normalized spacial score (nSPS) is 10.9. The summed E-state index contributed by atoms with van der Waals surface area (Å²) in [6.07, 6.45) is 1.62. The standard InChI is InChI=1S/C21H17FN4O/c1-26-20-18(13-24-26)17(21(27)23-12-14-6-3-2-4-7-14)11-19(25-20)15-8-5-9-16(22)10-15/h2-11,13H,12H2,1H3,(H,23,27). The molecule has 134 valence electrons. The van der Waals surface area contributed by atoms with Gasteiger partial charge < -0.3 is 5.32 Å². The van der Waals surface area contributed by atoms with Crippen LogP contribution >= 0.6 is 0 Å². The number of aromatic nitrogens is 3. The summed E-state index contributed by atoms with van der Waals surface area (Å²) in [5, 5.41) is 7.79. The van der Waals surface area contributed by atoms with Gasteiger partial charge in [0.05, 0.1) is 22.8 Å². The number of hydrogen-bond acceptors (Lipinski definition) is 3. The molecule has 0 radical (unpaired) electrons. The van der Waals surface area contributed by atoms with Crippen LogP contribution in [0.15, 0.2) is 66.9 Å². The molecule has 0 aliphatic rings. The molecular weight excluding hydrogens is 343 g/mol. The Morgan fingerprint density at radius 3 is 2.70 bits per heavy atom. The predicted octanol–water partition coefficient (Wildman–Crippen LogP) is 3.70. The minimum absolute atomic E-state index is 0.225. The van der Waals surface area contributed by atoms with E-state index in [9.17, 15) is 9.18 Å². The molecule has 4 aromatic rings. The molecule has 6 heteroatoms. The van der Waals surface area contributed by atoms with E-state index in [1.807, 2.05) is 30.3 Å². The molecule has 2 aromatic carbocycles. The summed E-state index contributed by atoms with van der Waals surface area (Å²) in [6, 6.07) is 17.5. The summed E-state index contributed by atoms with van der Waals surface area (Å²) in [4.78, 5) is 17.4. The number of carbonyl (C=O) groups is 1. The molecule has 0 aliphatic heterocycles. The van der Waals surface area contributed by atoms with E-state index >= 15 is 0 Å². The van der Waals surface area contributed by atoms with Gasteiger partial charge in [-0.1, -0.05) is 42.5 Å². The number of nitrogens with zero attached hydrogens (tertiary/aromatic N) is 3. The predicted molar refractivity (Wildman–Crippen MR) is 102 cm³/mol. The zero-order valence-electron chi connectivity index (χ0n) is 14.7. The van der Waals surface area contributed by atoms with Crippen molar-refractivity contribution in [3.63, 3.8) is 0 Å². The van der Waals surface area contributed by atoms with Gasteiger partial charge in [0.25, 0.3) is 5.91 Å². The van der Waals surface area contributed by atoms with Crippen molar-refractivity contribution in [1.29, 1.82) is 0 Å². The van der Waals surface area contributed by atoms with E-state index in [0.717, 1.165) is 5.56 Å². The maximum absolute atomic E-state index is 13.6. The van der Waals surface area contributed by atoms with Crippen LogP contribution in [0.3, 0.4) is 0 Å². The first kappa shape index (κ1) is 16.9. The highest BCUT2D eigenvalue weighted by molar-refractivity contribution is 6.06. The fourth-order valence-corrected chi connectivity index (χ4v) is 2.97. The van der Waals surface area contributed by atoms with Crippen molar-refractivity contribution in [2.75, 3.05) is 0 Å². The molecule has 0 bridgehead atoms. The number of nitrogens with one attached hydrogen (secondary N) is 1. The molecule has 5 nitrogen and oxygen atoms in total. The van der Waals surface area contributed by atoms with Gasteiger partial charge in [-0.15, -0.1) is 0 Å². The minimum atomic E-state index is -0.352. The lowest BCUT2D eigenvalue weighted by Gasteiger charge is -2.09. The van der Waals surface area contributed by atoms with Gasteiger partial charge in [0.2, 0.25) is 0 Å². The van der Waals surface area contributed by atoms with Gasteiger partial charge in [0.1, 0.15) is 5.82 Å². The Kier molecular flexibility index (Phi) is 4.38. The molecule has 27 heavy (non-hydrogen) atoms. The van der Waals surface area contributed by atoms with E-state index in [4.69, 9.17) is 0 Å². The first-order chi connectivity index (χ1) is 13.1. The Labute approximate surface area is 155 Å². The third kappa shape index (κ3) is 3.42. The fourth-order valence-electron chi connectivity index (χ4n) is 2.97. The number of fused-ring (bicyclic) bond motifs is 1. The number of hydrogen-bond donors (Lipinski definition) is 1. The van der Waals surface area contributed by atoms with Crippen molar-refractivity contribution in [2.45, 2.75) is 6.54 Å². The van der Waals surface area contributed by atoms with Crippen molar-refractivity contribution < 1.29 is 9.18 Å². The van der Waals surface area contributed by atoms with E-state index in [0.29, 0.717) is 34.4 Å². The van der Waals surface area contributed by atoms with Crippen LogP contribution in [0.2, 0.25) is 0 Å². The molecule has 4 rings (SSSR count). The summed E-state index contributed by atoms with van der Waals surface area (Å²) in [5.74, 6) is -0.577. The second kappa shape index (κ2) is 6.99. The molecule has 0 atom stereocenters. The van der Waals surface area contributed by atoms with Crippen LogP contribution in [0.4, 0.5) is 4.39 Å². The third-order valence-corrected chi connectivity index (χ3v) is 4.37. The number of amides is 1. The number of halogens is 1.